The molecule has 2 aromatic rings. The van der Waals surface area contributed by atoms with Gasteiger partial charge in [-0.15, -0.1) is 24.0 Å². The average molecular weight is 448 g/mol. The van der Waals surface area contributed by atoms with Gasteiger partial charge in [-0.3, -0.25) is 0 Å². The van der Waals surface area contributed by atoms with Crippen molar-refractivity contribution < 1.29 is 0 Å². The molecule has 2 N–H and O–H groups in total. The van der Waals surface area contributed by atoms with Gasteiger partial charge in [-0.2, -0.15) is 0 Å². The lowest BCUT2D eigenvalue weighted by Gasteiger charge is -2.11. The molecule has 0 bridgehead atoms. The lowest BCUT2D eigenvalue weighted by molar-refractivity contribution is 0.797. The number of halogens is 2. The Balaban J connectivity index is 0.00000264. The van der Waals surface area contributed by atoms with Crippen LogP contribution < -0.4 is 10.6 Å². The molecule has 0 fully saturated rings. The summed E-state index contributed by atoms with van der Waals surface area (Å²) in [6, 6.07) is 5.88. The number of nitrogens with one attached hydrogen (secondary N) is 2. The monoisotopic (exact) mass is 447 g/mol. The number of aromatic nitrogens is 2. The van der Waals surface area contributed by atoms with Crippen LogP contribution in [0.25, 0.3) is 0 Å². The summed E-state index contributed by atoms with van der Waals surface area (Å²) in [5.74, 6) is 0.827. The largest absolute Gasteiger partial charge is 0.357 e. The molecule has 0 aliphatic carbocycles. The van der Waals surface area contributed by atoms with Crippen LogP contribution >= 0.6 is 35.6 Å². The van der Waals surface area contributed by atoms with Crippen LogP contribution in [0.15, 0.2) is 41.8 Å². The Hall–Kier alpha value is -1.28. The Labute approximate surface area is 159 Å². The number of guanidine groups is 1. The lowest BCUT2D eigenvalue weighted by Crippen LogP contribution is -2.38. The number of hydrogen-bond donors (Lipinski definition) is 2. The molecule has 0 amide bonds. The minimum atomic E-state index is 0. The van der Waals surface area contributed by atoms with Gasteiger partial charge in [0.1, 0.15) is 5.15 Å². The van der Waals surface area contributed by atoms with Gasteiger partial charge >= 0.3 is 0 Å². The van der Waals surface area contributed by atoms with E-state index in [4.69, 9.17) is 11.6 Å². The Morgan fingerprint density at radius 3 is 2.70 bits per heavy atom. The first-order valence-electron chi connectivity index (χ1n) is 7.41. The van der Waals surface area contributed by atoms with Gasteiger partial charge in [0.05, 0.1) is 6.54 Å². The van der Waals surface area contributed by atoms with Crippen LogP contribution in [-0.4, -0.2) is 28.6 Å². The first kappa shape index (κ1) is 19.8. The number of aliphatic imine (C=N–C) groups is 1. The van der Waals surface area contributed by atoms with Gasteiger partial charge in [0.2, 0.25) is 0 Å². The second-order valence-electron chi connectivity index (χ2n) is 5.05. The van der Waals surface area contributed by atoms with Crippen molar-refractivity contribution in [2.45, 2.75) is 19.9 Å². The summed E-state index contributed by atoms with van der Waals surface area (Å²) in [4.78, 5) is 8.67. The third-order valence-corrected chi connectivity index (χ3v) is 3.38. The number of aryl methyl sites for hydroxylation is 1. The third kappa shape index (κ3) is 7.22. The molecule has 0 unspecified atom stereocenters. The van der Waals surface area contributed by atoms with Crippen LogP contribution in [-0.2, 0) is 20.0 Å². The highest BCUT2D eigenvalue weighted by Crippen LogP contribution is 2.05. The molecule has 2 heterocycles. The molecule has 0 saturated carbocycles. The lowest BCUT2D eigenvalue weighted by atomic mass is 10.2. The molecule has 0 radical (unpaired) electrons. The normalized spacial score (nSPS) is 11.0. The number of hydrogen-bond acceptors (Lipinski definition) is 2. The van der Waals surface area contributed by atoms with Crippen molar-refractivity contribution >= 4 is 41.5 Å². The summed E-state index contributed by atoms with van der Waals surface area (Å²) in [6.07, 6.45) is 6.78. The summed E-state index contributed by atoms with van der Waals surface area (Å²) in [6.45, 7) is 4.36. The van der Waals surface area contributed by atoms with Crippen molar-refractivity contribution in [1.29, 1.82) is 0 Å². The van der Waals surface area contributed by atoms with Crippen LogP contribution in [0.1, 0.15) is 18.1 Å². The fourth-order valence-corrected chi connectivity index (χ4v) is 2.16. The predicted octanol–water partition coefficient (Wildman–Crippen LogP) is 2.99. The van der Waals surface area contributed by atoms with Crippen molar-refractivity contribution in [1.82, 2.24) is 20.2 Å². The molecule has 23 heavy (non-hydrogen) atoms. The Morgan fingerprint density at radius 2 is 2.09 bits per heavy atom. The molecule has 0 aliphatic rings. The van der Waals surface area contributed by atoms with Gasteiger partial charge in [0, 0.05) is 38.7 Å². The van der Waals surface area contributed by atoms with E-state index in [1.807, 2.05) is 29.9 Å². The zero-order valence-electron chi connectivity index (χ0n) is 13.4. The van der Waals surface area contributed by atoms with Crippen LogP contribution in [0.5, 0.6) is 0 Å². The molecule has 2 aromatic heterocycles. The van der Waals surface area contributed by atoms with E-state index in [0.717, 1.165) is 31.0 Å². The molecule has 5 nitrogen and oxygen atoms in total. The van der Waals surface area contributed by atoms with Crippen molar-refractivity contribution in [3.63, 3.8) is 0 Å². The Morgan fingerprint density at radius 1 is 1.26 bits per heavy atom. The van der Waals surface area contributed by atoms with Gasteiger partial charge in [0.15, 0.2) is 5.96 Å². The van der Waals surface area contributed by atoms with Gasteiger partial charge < -0.3 is 15.2 Å². The summed E-state index contributed by atoms with van der Waals surface area (Å²) < 4.78 is 2.03. The molecular weight excluding hydrogens is 425 g/mol. The molecule has 7 heteroatoms. The molecule has 2 rings (SSSR count). The summed E-state index contributed by atoms with van der Waals surface area (Å²) >= 11 is 5.78. The smallest absolute Gasteiger partial charge is 0.191 e. The second kappa shape index (κ2) is 10.5. The first-order chi connectivity index (χ1) is 10.7. The topological polar surface area (TPSA) is 54.2 Å². The maximum atomic E-state index is 5.78. The minimum absolute atomic E-state index is 0. The maximum Gasteiger partial charge on any atom is 0.191 e. The predicted molar refractivity (Wildman–Crippen MR) is 107 cm³/mol. The quantitative estimate of drug-likeness (QED) is 0.310. The maximum absolute atomic E-state index is 5.78. The van der Waals surface area contributed by atoms with Crippen LogP contribution in [0.3, 0.4) is 0 Å². The Kier molecular flexibility index (Phi) is 9.01. The van der Waals surface area contributed by atoms with E-state index in [0.29, 0.717) is 11.7 Å². The zero-order chi connectivity index (χ0) is 15.8. The van der Waals surface area contributed by atoms with E-state index in [1.54, 1.807) is 6.20 Å². The van der Waals surface area contributed by atoms with Gasteiger partial charge in [-0.1, -0.05) is 17.7 Å². The van der Waals surface area contributed by atoms with Crippen molar-refractivity contribution in [3.05, 3.63) is 53.1 Å². The van der Waals surface area contributed by atoms with Crippen LogP contribution in [0.2, 0.25) is 5.15 Å². The van der Waals surface area contributed by atoms with E-state index in [1.165, 1.54) is 5.56 Å². The molecule has 0 aromatic carbocycles. The Bertz CT molecular complexity index is 609. The number of nitrogens with zero attached hydrogens (tertiary/aromatic N) is 3. The van der Waals surface area contributed by atoms with Crippen molar-refractivity contribution in [2.24, 2.45) is 12.0 Å². The number of rotatable bonds is 6. The van der Waals surface area contributed by atoms with E-state index in [-0.39, 0.29) is 24.0 Å². The third-order valence-electron chi connectivity index (χ3n) is 3.15. The van der Waals surface area contributed by atoms with Gasteiger partial charge in [0.25, 0.3) is 0 Å². The highest BCUT2D eigenvalue weighted by atomic mass is 127. The van der Waals surface area contributed by atoms with Crippen LogP contribution in [0, 0.1) is 0 Å². The first-order valence-corrected chi connectivity index (χ1v) is 7.78. The average Bonchev–Trinajstić information content (AvgIpc) is 2.92. The van der Waals surface area contributed by atoms with Crippen LogP contribution in [0.4, 0.5) is 0 Å². The van der Waals surface area contributed by atoms with Gasteiger partial charge in [-0.05, 0) is 36.6 Å². The zero-order valence-corrected chi connectivity index (χ0v) is 16.5. The summed E-state index contributed by atoms with van der Waals surface area (Å²) in [5.41, 5.74) is 2.34. The van der Waals surface area contributed by atoms with E-state index < -0.39 is 0 Å². The van der Waals surface area contributed by atoms with E-state index in [9.17, 15) is 0 Å². The molecule has 0 atom stereocenters. The molecular formula is C16H23ClIN5. The molecule has 126 valence electrons. The van der Waals surface area contributed by atoms with Crippen molar-refractivity contribution in [3.8, 4) is 0 Å². The van der Waals surface area contributed by atoms with Gasteiger partial charge in [-0.25, -0.2) is 9.98 Å². The fraction of sp³-hybridized carbons (Fsp3) is 0.375. The molecule has 0 saturated heterocycles. The van der Waals surface area contributed by atoms with E-state index in [2.05, 4.69) is 39.8 Å². The molecule has 0 spiro atoms. The van der Waals surface area contributed by atoms with Crippen molar-refractivity contribution in [2.75, 3.05) is 13.1 Å². The number of pyridine rings is 1. The highest BCUT2D eigenvalue weighted by Gasteiger charge is 1.99. The SMILES string of the molecule is CCNC(=NCc1ccn(C)c1)NCCc1ccc(Cl)nc1.I. The second-order valence-corrected chi connectivity index (χ2v) is 5.43. The fourth-order valence-electron chi connectivity index (χ4n) is 2.05. The molecule has 0 aliphatic heterocycles. The standard InChI is InChI=1S/C16H22ClN5.HI/c1-3-18-16(21-11-14-7-9-22(2)12-14)19-8-6-13-4-5-15(17)20-10-13;/h4-5,7,9-10,12H,3,6,8,11H2,1-2H3,(H2,18,19,21);1H. The highest BCUT2D eigenvalue weighted by molar-refractivity contribution is 14.0. The minimum Gasteiger partial charge on any atom is -0.357 e. The van der Waals surface area contributed by atoms with E-state index >= 15 is 0 Å². The summed E-state index contributed by atoms with van der Waals surface area (Å²) in [5, 5.41) is 7.11. The summed E-state index contributed by atoms with van der Waals surface area (Å²) in [7, 11) is 2.01.